The maximum atomic E-state index is 15.3. The molecule has 5 nitrogen and oxygen atoms in total. The molecular formula is C29H37FN2O3. The number of hydrogen-bond donors (Lipinski definition) is 1. The summed E-state index contributed by atoms with van der Waals surface area (Å²) in [6.45, 7) is 10.1. The molecule has 2 aromatic carbocycles. The minimum absolute atomic E-state index is 0.0467. The fourth-order valence-corrected chi connectivity index (χ4v) is 5.96. The number of amides is 1. The van der Waals surface area contributed by atoms with Crippen LogP contribution in [0.4, 0.5) is 9.18 Å². The first-order chi connectivity index (χ1) is 16.8. The molecule has 0 aromatic heterocycles. The standard InChI is InChI=1S/C29H37FN2O3/c1-4-5-14-34-22-8-6-19(7-9-22)23-15-21-17-29(2,3)27(24(21)16-25(23)30)31-28(33)35-26-18-32-12-10-20(26)11-13-32/h6-9,15-16,20,26-27H,4-5,10-14,17-18H2,1-3H3,(H,31,33)/t26-,27+/m1/s1. The van der Waals surface area contributed by atoms with E-state index in [9.17, 15) is 4.79 Å². The third-order valence-corrected chi connectivity index (χ3v) is 8.02. The molecule has 3 aliphatic heterocycles. The molecule has 6 rings (SSSR count). The van der Waals surface area contributed by atoms with Crippen LogP contribution in [-0.2, 0) is 11.2 Å². The summed E-state index contributed by atoms with van der Waals surface area (Å²) >= 11 is 0. The van der Waals surface area contributed by atoms with Crippen LogP contribution in [0.2, 0.25) is 0 Å². The molecule has 6 heteroatoms. The third-order valence-electron chi connectivity index (χ3n) is 8.02. The largest absolute Gasteiger partial charge is 0.494 e. The number of piperidine rings is 3. The smallest absolute Gasteiger partial charge is 0.407 e. The Kier molecular flexibility index (Phi) is 6.75. The Morgan fingerprint density at radius 2 is 1.91 bits per heavy atom. The van der Waals surface area contributed by atoms with Gasteiger partial charge in [-0.3, -0.25) is 4.90 Å². The molecule has 0 radical (unpaired) electrons. The summed E-state index contributed by atoms with van der Waals surface area (Å²) in [5.74, 6) is 0.979. The van der Waals surface area contributed by atoms with Crippen LogP contribution < -0.4 is 10.1 Å². The molecule has 2 bridgehead atoms. The van der Waals surface area contributed by atoms with Crippen LogP contribution in [0.5, 0.6) is 5.75 Å². The highest BCUT2D eigenvalue weighted by Crippen LogP contribution is 2.47. The Balaban J connectivity index is 1.30. The number of alkyl carbamates (subject to hydrolysis) is 1. The fourth-order valence-electron chi connectivity index (χ4n) is 5.96. The molecule has 0 saturated carbocycles. The lowest BCUT2D eigenvalue weighted by Crippen LogP contribution is -2.53. The van der Waals surface area contributed by atoms with E-state index in [0.29, 0.717) is 18.1 Å². The molecule has 1 aliphatic carbocycles. The van der Waals surface area contributed by atoms with Crippen molar-refractivity contribution in [3.05, 3.63) is 53.3 Å². The van der Waals surface area contributed by atoms with Crippen LogP contribution in [0.1, 0.15) is 63.6 Å². The summed E-state index contributed by atoms with van der Waals surface area (Å²) < 4.78 is 26.9. The monoisotopic (exact) mass is 480 g/mol. The van der Waals surface area contributed by atoms with Gasteiger partial charge in [-0.1, -0.05) is 39.3 Å². The van der Waals surface area contributed by atoms with Crippen molar-refractivity contribution >= 4 is 6.09 Å². The zero-order valence-corrected chi connectivity index (χ0v) is 21.1. The average molecular weight is 481 g/mol. The number of fused-ring (bicyclic) bond motifs is 4. The predicted octanol–water partition coefficient (Wildman–Crippen LogP) is 6.12. The number of benzene rings is 2. The maximum absolute atomic E-state index is 15.3. The lowest BCUT2D eigenvalue weighted by molar-refractivity contribution is -0.0349. The zero-order chi connectivity index (χ0) is 24.6. The Morgan fingerprint density at radius 1 is 1.17 bits per heavy atom. The van der Waals surface area contributed by atoms with E-state index in [4.69, 9.17) is 9.47 Å². The summed E-state index contributed by atoms with van der Waals surface area (Å²) in [5, 5.41) is 3.09. The topological polar surface area (TPSA) is 50.8 Å². The second-order valence-corrected chi connectivity index (χ2v) is 11.1. The summed E-state index contributed by atoms with van der Waals surface area (Å²) in [6, 6.07) is 10.9. The Morgan fingerprint density at radius 3 is 2.57 bits per heavy atom. The number of halogens is 1. The van der Waals surface area contributed by atoms with Gasteiger partial charge in [-0.05, 0) is 91.1 Å². The normalized spacial score (nSPS) is 26.3. The molecule has 0 spiro atoms. The van der Waals surface area contributed by atoms with Crippen molar-refractivity contribution in [3.8, 4) is 16.9 Å². The quantitative estimate of drug-likeness (QED) is 0.486. The Hall–Kier alpha value is -2.60. The van der Waals surface area contributed by atoms with Gasteiger partial charge < -0.3 is 14.8 Å². The molecule has 1 N–H and O–H groups in total. The van der Waals surface area contributed by atoms with Crippen LogP contribution in [-0.4, -0.2) is 43.3 Å². The molecule has 3 saturated heterocycles. The van der Waals surface area contributed by atoms with Gasteiger partial charge in [0.15, 0.2) is 0 Å². The van der Waals surface area contributed by atoms with Crippen molar-refractivity contribution in [1.82, 2.24) is 10.2 Å². The minimum atomic E-state index is -0.391. The second-order valence-electron chi connectivity index (χ2n) is 11.1. The zero-order valence-electron chi connectivity index (χ0n) is 21.1. The molecule has 0 unspecified atom stereocenters. The first kappa shape index (κ1) is 24.1. The van der Waals surface area contributed by atoms with Gasteiger partial charge in [0.25, 0.3) is 0 Å². The van der Waals surface area contributed by atoms with Crippen LogP contribution in [0, 0.1) is 17.2 Å². The van der Waals surface area contributed by atoms with Crippen molar-refractivity contribution in [2.24, 2.45) is 11.3 Å². The lowest BCUT2D eigenvalue weighted by Gasteiger charge is -2.44. The summed E-state index contributed by atoms with van der Waals surface area (Å²) in [5.41, 5.74) is 3.09. The minimum Gasteiger partial charge on any atom is -0.494 e. The van der Waals surface area contributed by atoms with Gasteiger partial charge in [0, 0.05) is 12.1 Å². The highest BCUT2D eigenvalue weighted by Gasteiger charge is 2.42. The summed E-state index contributed by atoms with van der Waals surface area (Å²) in [7, 11) is 0. The predicted molar refractivity (Wildman–Crippen MR) is 135 cm³/mol. The Bertz CT molecular complexity index is 1060. The molecule has 188 valence electrons. The van der Waals surface area contributed by atoms with Crippen molar-refractivity contribution in [3.63, 3.8) is 0 Å². The number of carbonyl (C=O) groups is 1. The Labute approximate surface area is 208 Å². The van der Waals surface area contributed by atoms with Gasteiger partial charge in [-0.15, -0.1) is 0 Å². The van der Waals surface area contributed by atoms with Gasteiger partial charge in [0.1, 0.15) is 17.7 Å². The second kappa shape index (κ2) is 9.81. The molecule has 35 heavy (non-hydrogen) atoms. The van der Waals surface area contributed by atoms with Crippen molar-refractivity contribution < 1.29 is 18.7 Å². The van der Waals surface area contributed by atoms with Crippen LogP contribution in [0.15, 0.2) is 36.4 Å². The molecule has 4 aliphatic rings. The van der Waals surface area contributed by atoms with E-state index in [2.05, 4.69) is 31.0 Å². The van der Waals surface area contributed by atoms with Crippen molar-refractivity contribution in [2.75, 3.05) is 26.2 Å². The number of nitrogens with one attached hydrogen (secondary N) is 1. The maximum Gasteiger partial charge on any atom is 0.407 e. The van der Waals surface area contributed by atoms with E-state index in [0.717, 1.165) is 74.2 Å². The van der Waals surface area contributed by atoms with Crippen LogP contribution in [0.3, 0.4) is 0 Å². The molecule has 1 amide bonds. The number of ether oxygens (including phenoxy) is 2. The highest BCUT2D eigenvalue weighted by atomic mass is 19.1. The molecule has 3 fully saturated rings. The molecule has 3 heterocycles. The van der Waals surface area contributed by atoms with E-state index in [-0.39, 0.29) is 23.4 Å². The number of carbonyl (C=O) groups excluding carboxylic acids is 1. The van der Waals surface area contributed by atoms with E-state index >= 15 is 4.39 Å². The van der Waals surface area contributed by atoms with Crippen LogP contribution in [0.25, 0.3) is 11.1 Å². The SMILES string of the molecule is CCCCOc1ccc(-c2cc3c(cc2F)[C@H](NC(=O)O[C@@H]2CN4CCC2CC4)C(C)(C)C3)cc1. The van der Waals surface area contributed by atoms with Gasteiger partial charge in [0.05, 0.1) is 12.6 Å². The van der Waals surface area contributed by atoms with Crippen LogP contribution >= 0.6 is 0 Å². The summed E-state index contributed by atoms with van der Waals surface area (Å²) in [6.07, 6.45) is 4.61. The van der Waals surface area contributed by atoms with E-state index in [1.165, 1.54) is 0 Å². The average Bonchev–Trinajstić information content (AvgIpc) is 3.08. The number of rotatable bonds is 7. The number of hydrogen-bond acceptors (Lipinski definition) is 4. The molecule has 2 atom stereocenters. The molecular weight excluding hydrogens is 443 g/mol. The molecule has 2 aromatic rings. The van der Waals surface area contributed by atoms with E-state index < -0.39 is 6.09 Å². The highest BCUT2D eigenvalue weighted by molar-refractivity contribution is 5.70. The number of unbranched alkanes of at least 4 members (excludes halogenated alkanes) is 1. The van der Waals surface area contributed by atoms with Gasteiger partial charge in [-0.25, -0.2) is 9.18 Å². The van der Waals surface area contributed by atoms with Gasteiger partial charge >= 0.3 is 6.09 Å². The van der Waals surface area contributed by atoms with Crippen molar-refractivity contribution in [1.29, 1.82) is 0 Å². The van der Waals surface area contributed by atoms with Crippen molar-refractivity contribution in [2.45, 2.75) is 65.0 Å². The summed E-state index contributed by atoms with van der Waals surface area (Å²) in [4.78, 5) is 15.3. The first-order valence-electron chi connectivity index (χ1n) is 13.1. The fraction of sp³-hybridized carbons (Fsp3) is 0.552. The van der Waals surface area contributed by atoms with Gasteiger partial charge in [0.2, 0.25) is 0 Å². The number of nitrogens with zero attached hydrogens (tertiary/aromatic N) is 1. The lowest BCUT2D eigenvalue weighted by atomic mass is 9.85. The third kappa shape index (κ3) is 5.04. The van der Waals surface area contributed by atoms with E-state index in [1.807, 2.05) is 30.3 Å². The first-order valence-corrected chi connectivity index (χ1v) is 13.1. The van der Waals surface area contributed by atoms with Gasteiger partial charge in [-0.2, -0.15) is 0 Å². The van der Waals surface area contributed by atoms with E-state index in [1.54, 1.807) is 6.07 Å².